The van der Waals surface area contributed by atoms with Gasteiger partial charge in [0.2, 0.25) is 5.91 Å². The number of nitrogens with one attached hydrogen (secondary N) is 1. The van der Waals surface area contributed by atoms with Gasteiger partial charge in [-0.3, -0.25) is 4.79 Å². The fraction of sp³-hybridized carbons (Fsp3) is 0.240. The van der Waals surface area contributed by atoms with Crippen LogP contribution < -0.4 is 24.4 Å². The fourth-order valence-corrected chi connectivity index (χ4v) is 3.76. The molecule has 1 aliphatic heterocycles. The maximum absolute atomic E-state index is 12.9. The Balaban J connectivity index is 1.53. The molecule has 3 aromatic rings. The molecule has 6 heteroatoms. The minimum absolute atomic E-state index is 0.0948. The highest BCUT2D eigenvalue weighted by molar-refractivity contribution is 5.92. The fourth-order valence-electron chi connectivity index (χ4n) is 3.76. The van der Waals surface area contributed by atoms with Gasteiger partial charge in [0.15, 0.2) is 0 Å². The highest BCUT2D eigenvalue weighted by atomic mass is 16.5. The summed E-state index contributed by atoms with van der Waals surface area (Å²) in [5.74, 6) is 1.99. The number of methoxy groups -OCH3 is 2. The van der Waals surface area contributed by atoms with E-state index in [0.29, 0.717) is 36.8 Å². The van der Waals surface area contributed by atoms with Crippen LogP contribution in [-0.2, 0) is 11.3 Å². The summed E-state index contributed by atoms with van der Waals surface area (Å²) in [6.45, 7) is 1.14. The first-order valence-corrected chi connectivity index (χ1v) is 10.2. The first-order valence-electron chi connectivity index (χ1n) is 10.2. The Kier molecular flexibility index (Phi) is 6.26. The van der Waals surface area contributed by atoms with E-state index < -0.39 is 0 Å². The smallest absolute Gasteiger partial charge is 0.226 e. The topological polar surface area (TPSA) is 60.0 Å². The van der Waals surface area contributed by atoms with Crippen molar-refractivity contribution in [2.75, 3.05) is 31.0 Å². The average Bonchev–Trinajstić information content (AvgIpc) is 2.81. The van der Waals surface area contributed by atoms with Gasteiger partial charge in [-0.2, -0.15) is 0 Å². The molecule has 0 spiro atoms. The summed E-state index contributed by atoms with van der Waals surface area (Å²) in [6.07, 6.45) is 0.292. The van der Waals surface area contributed by atoms with E-state index in [4.69, 9.17) is 14.2 Å². The molecule has 1 unspecified atom stereocenters. The van der Waals surface area contributed by atoms with Crippen molar-refractivity contribution < 1.29 is 19.0 Å². The molecule has 0 bridgehead atoms. The number of benzene rings is 3. The van der Waals surface area contributed by atoms with Gasteiger partial charge in [-0.05, 0) is 17.7 Å². The van der Waals surface area contributed by atoms with E-state index in [9.17, 15) is 4.79 Å². The van der Waals surface area contributed by atoms with Crippen LogP contribution >= 0.6 is 0 Å². The van der Waals surface area contributed by atoms with E-state index in [0.717, 1.165) is 11.4 Å². The second-order valence-electron chi connectivity index (χ2n) is 7.40. The van der Waals surface area contributed by atoms with Crippen molar-refractivity contribution in [2.24, 2.45) is 0 Å². The molecule has 6 nitrogen and oxygen atoms in total. The van der Waals surface area contributed by atoms with Gasteiger partial charge in [-0.1, -0.05) is 42.5 Å². The Morgan fingerprint density at radius 1 is 1.00 bits per heavy atom. The number of hydrogen-bond donors (Lipinski definition) is 1. The number of hydrogen-bond acceptors (Lipinski definition) is 5. The summed E-state index contributed by atoms with van der Waals surface area (Å²) >= 11 is 0. The molecule has 3 aromatic carbocycles. The Morgan fingerprint density at radius 2 is 1.68 bits per heavy atom. The van der Waals surface area contributed by atoms with Crippen LogP contribution in [0.2, 0.25) is 0 Å². The quantitative estimate of drug-likeness (QED) is 0.612. The Hall–Kier alpha value is -3.67. The van der Waals surface area contributed by atoms with Gasteiger partial charge in [-0.25, -0.2) is 0 Å². The van der Waals surface area contributed by atoms with Crippen molar-refractivity contribution in [1.82, 2.24) is 0 Å². The minimum Gasteiger partial charge on any atom is -0.497 e. The van der Waals surface area contributed by atoms with Crippen LogP contribution in [0.15, 0.2) is 72.8 Å². The van der Waals surface area contributed by atoms with Crippen LogP contribution in [0.1, 0.15) is 12.0 Å². The Morgan fingerprint density at radius 3 is 2.39 bits per heavy atom. The van der Waals surface area contributed by atoms with Crippen molar-refractivity contribution in [3.05, 3.63) is 78.4 Å². The predicted molar refractivity (Wildman–Crippen MR) is 121 cm³/mol. The van der Waals surface area contributed by atoms with Crippen LogP contribution in [0, 0.1) is 0 Å². The lowest BCUT2D eigenvalue weighted by Gasteiger charge is -2.38. The first-order chi connectivity index (χ1) is 15.2. The summed E-state index contributed by atoms with van der Waals surface area (Å²) in [6, 6.07) is 23.4. The number of carbonyl (C=O) groups is 1. The summed E-state index contributed by atoms with van der Waals surface area (Å²) < 4.78 is 16.6. The SMILES string of the molecule is COc1cc(NC(=O)CC2COc3ccccc3N2Cc2ccccc2)cc(OC)c1. The first kappa shape index (κ1) is 20.6. The molecule has 0 aromatic heterocycles. The summed E-state index contributed by atoms with van der Waals surface area (Å²) in [4.78, 5) is 15.2. The summed E-state index contributed by atoms with van der Waals surface area (Å²) in [5.41, 5.74) is 2.81. The number of fused-ring (bicyclic) bond motifs is 1. The molecule has 1 N–H and O–H groups in total. The van der Waals surface area contributed by atoms with Gasteiger partial charge in [0.05, 0.1) is 32.4 Å². The number of carbonyl (C=O) groups excluding carboxylic acids is 1. The highest BCUT2D eigenvalue weighted by Gasteiger charge is 2.29. The third-order valence-corrected chi connectivity index (χ3v) is 5.30. The summed E-state index contributed by atoms with van der Waals surface area (Å²) in [5, 5.41) is 2.97. The van der Waals surface area contributed by atoms with E-state index in [1.54, 1.807) is 32.4 Å². The van der Waals surface area contributed by atoms with Crippen LogP contribution in [0.5, 0.6) is 17.2 Å². The van der Waals surface area contributed by atoms with Gasteiger partial charge >= 0.3 is 0 Å². The Bertz CT molecular complexity index is 1020. The van der Waals surface area contributed by atoms with Crippen molar-refractivity contribution in [3.63, 3.8) is 0 Å². The number of nitrogens with zero attached hydrogens (tertiary/aromatic N) is 1. The van der Waals surface area contributed by atoms with Gasteiger partial charge in [-0.15, -0.1) is 0 Å². The number of ether oxygens (including phenoxy) is 3. The lowest BCUT2D eigenvalue weighted by atomic mass is 10.1. The molecule has 4 rings (SSSR count). The lowest BCUT2D eigenvalue weighted by molar-refractivity contribution is -0.116. The largest absolute Gasteiger partial charge is 0.497 e. The van der Waals surface area contributed by atoms with E-state index in [1.807, 2.05) is 42.5 Å². The van der Waals surface area contributed by atoms with Crippen LogP contribution in [0.4, 0.5) is 11.4 Å². The number of para-hydroxylation sites is 2. The molecule has 1 heterocycles. The van der Waals surface area contributed by atoms with Crippen LogP contribution in [0.3, 0.4) is 0 Å². The predicted octanol–water partition coefficient (Wildman–Crippen LogP) is 4.50. The zero-order valence-electron chi connectivity index (χ0n) is 17.7. The van der Waals surface area contributed by atoms with Crippen LogP contribution in [0.25, 0.3) is 0 Å². The second-order valence-corrected chi connectivity index (χ2v) is 7.40. The molecule has 0 saturated heterocycles. The number of amides is 1. The maximum Gasteiger partial charge on any atom is 0.226 e. The molecular formula is C25H26N2O4. The molecule has 0 fully saturated rings. The van der Waals surface area contributed by atoms with E-state index in [-0.39, 0.29) is 11.9 Å². The molecule has 0 radical (unpaired) electrons. The molecule has 1 atom stereocenters. The molecule has 1 aliphatic rings. The van der Waals surface area contributed by atoms with E-state index in [1.165, 1.54) is 5.56 Å². The normalized spacial score (nSPS) is 14.9. The highest BCUT2D eigenvalue weighted by Crippen LogP contribution is 2.35. The van der Waals surface area contributed by atoms with Crippen LogP contribution in [-0.4, -0.2) is 32.8 Å². The van der Waals surface area contributed by atoms with Crippen molar-refractivity contribution >= 4 is 17.3 Å². The van der Waals surface area contributed by atoms with E-state index in [2.05, 4.69) is 22.3 Å². The van der Waals surface area contributed by atoms with Gasteiger partial charge in [0, 0.05) is 30.4 Å². The lowest BCUT2D eigenvalue weighted by Crippen LogP contribution is -2.44. The Labute approximate surface area is 182 Å². The molecular weight excluding hydrogens is 392 g/mol. The van der Waals surface area contributed by atoms with Crippen molar-refractivity contribution in [2.45, 2.75) is 19.0 Å². The molecule has 1 amide bonds. The molecule has 160 valence electrons. The average molecular weight is 418 g/mol. The maximum atomic E-state index is 12.9. The van der Waals surface area contributed by atoms with Gasteiger partial charge in [0.25, 0.3) is 0 Å². The van der Waals surface area contributed by atoms with E-state index >= 15 is 0 Å². The third kappa shape index (κ3) is 4.91. The minimum atomic E-state index is -0.0960. The second kappa shape index (κ2) is 9.43. The monoisotopic (exact) mass is 418 g/mol. The standard InChI is InChI=1S/C25H26N2O4/c1-29-21-12-19(13-22(15-21)30-2)26-25(28)14-20-17-31-24-11-7-6-10-23(24)27(20)16-18-8-4-3-5-9-18/h3-13,15,20H,14,16-17H2,1-2H3,(H,26,28). The third-order valence-electron chi connectivity index (χ3n) is 5.30. The number of rotatable bonds is 7. The van der Waals surface area contributed by atoms with Crippen molar-refractivity contribution in [1.29, 1.82) is 0 Å². The van der Waals surface area contributed by atoms with Crippen molar-refractivity contribution in [3.8, 4) is 17.2 Å². The summed E-state index contributed by atoms with van der Waals surface area (Å²) in [7, 11) is 3.16. The number of anilines is 2. The van der Waals surface area contributed by atoms with Gasteiger partial charge in [0.1, 0.15) is 23.9 Å². The zero-order valence-corrected chi connectivity index (χ0v) is 17.7. The zero-order chi connectivity index (χ0) is 21.6. The molecule has 0 saturated carbocycles. The molecule has 31 heavy (non-hydrogen) atoms. The van der Waals surface area contributed by atoms with Gasteiger partial charge < -0.3 is 24.4 Å². The molecule has 0 aliphatic carbocycles.